The van der Waals surface area contributed by atoms with Crippen molar-refractivity contribution in [1.82, 2.24) is 25.0 Å². The number of anilines is 3. The first-order valence-electron chi connectivity index (χ1n) is 19.5. The number of benzene rings is 3. The highest BCUT2D eigenvalue weighted by Gasteiger charge is 2.29. The number of carbonyl (C=O) groups excluding carboxylic acids is 2. The van der Waals surface area contributed by atoms with Crippen LogP contribution in [0.3, 0.4) is 0 Å². The summed E-state index contributed by atoms with van der Waals surface area (Å²) >= 11 is 6.46. The summed E-state index contributed by atoms with van der Waals surface area (Å²) in [4.78, 5) is 33.6. The van der Waals surface area contributed by atoms with Crippen molar-refractivity contribution >= 4 is 62.4 Å². The molecule has 54 heavy (non-hydrogen) atoms. The van der Waals surface area contributed by atoms with Gasteiger partial charge in [0.1, 0.15) is 6.07 Å². The molecule has 12 heteroatoms. The van der Waals surface area contributed by atoms with Crippen molar-refractivity contribution in [3.63, 3.8) is 0 Å². The second kappa shape index (κ2) is 14.6. The number of nitrogens with one attached hydrogen (secondary N) is 2. The van der Waals surface area contributed by atoms with E-state index in [2.05, 4.69) is 83.4 Å². The minimum atomic E-state index is -0.337. The lowest BCUT2D eigenvalue weighted by molar-refractivity contribution is -0.120. The summed E-state index contributed by atoms with van der Waals surface area (Å²) in [5, 5.41) is 21.6. The molecule has 0 bridgehead atoms. The van der Waals surface area contributed by atoms with Gasteiger partial charge in [0.05, 0.1) is 32.8 Å². The van der Waals surface area contributed by atoms with E-state index < -0.39 is 0 Å². The first-order chi connectivity index (χ1) is 26.4. The number of aromatic amines is 1. The van der Waals surface area contributed by atoms with Crippen molar-refractivity contribution in [3.8, 4) is 6.07 Å². The van der Waals surface area contributed by atoms with Gasteiger partial charge in [0.2, 0.25) is 5.91 Å². The number of fused-ring (bicyclic) bond motifs is 2. The largest absolute Gasteiger partial charge is 0.372 e. The molecule has 2 N–H and O–H groups in total. The van der Waals surface area contributed by atoms with Crippen molar-refractivity contribution in [2.24, 2.45) is 5.92 Å². The molecule has 11 nitrogen and oxygen atoms in total. The lowest BCUT2D eigenvalue weighted by Crippen LogP contribution is -2.49. The number of hydrogen-bond acceptors (Lipinski definition) is 7. The molecule has 5 aromatic rings. The Hall–Kier alpha value is -5.05. The molecule has 3 aromatic carbocycles. The molecular formula is C42H46ClN9O2. The average molecular weight is 744 g/mol. The number of halogens is 1. The van der Waals surface area contributed by atoms with Crippen molar-refractivity contribution in [3.05, 3.63) is 83.1 Å². The Labute approximate surface area is 320 Å². The smallest absolute Gasteiger partial charge is 0.328 e. The van der Waals surface area contributed by atoms with Crippen LogP contribution in [0.5, 0.6) is 0 Å². The van der Waals surface area contributed by atoms with Gasteiger partial charge in [-0.3, -0.25) is 20.1 Å². The highest BCUT2D eigenvalue weighted by atomic mass is 35.5. The molecule has 0 aliphatic carbocycles. The van der Waals surface area contributed by atoms with Crippen LogP contribution >= 0.6 is 11.6 Å². The fourth-order valence-electron chi connectivity index (χ4n) is 9.49. The zero-order chi connectivity index (χ0) is 36.8. The van der Waals surface area contributed by atoms with E-state index in [4.69, 9.17) is 11.6 Å². The molecule has 1 atom stereocenters. The van der Waals surface area contributed by atoms with E-state index in [0.717, 1.165) is 98.7 Å². The maximum atomic E-state index is 12.6. The van der Waals surface area contributed by atoms with Gasteiger partial charge in [-0.1, -0.05) is 29.8 Å². The third-order valence-corrected chi connectivity index (χ3v) is 12.7. The zero-order valence-electron chi connectivity index (χ0n) is 30.5. The van der Waals surface area contributed by atoms with Gasteiger partial charge in [0.15, 0.2) is 5.69 Å². The molecule has 0 radical (unpaired) electrons. The van der Waals surface area contributed by atoms with E-state index in [0.29, 0.717) is 41.0 Å². The van der Waals surface area contributed by atoms with Gasteiger partial charge < -0.3 is 19.3 Å². The third kappa shape index (κ3) is 6.56. The maximum Gasteiger partial charge on any atom is 0.328 e. The number of likely N-dealkylation sites (tertiary alicyclic amines) is 1. The minimum absolute atomic E-state index is 0.210. The predicted octanol–water partition coefficient (Wildman–Crippen LogP) is 7.43. The lowest BCUT2D eigenvalue weighted by Gasteiger charge is -2.39. The van der Waals surface area contributed by atoms with Gasteiger partial charge in [-0.15, -0.1) is 0 Å². The first kappa shape index (κ1) is 34.7. The molecule has 4 aliphatic heterocycles. The Morgan fingerprint density at radius 3 is 2.44 bits per heavy atom. The Kier molecular flexibility index (Phi) is 9.41. The third-order valence-electron chi connectivity index (χ3n) is 12.4. The van der Waals surface area contributed by atoms with E-state index in [9.17, 15) is 14.9 Å². The lowest BCUT2D eigenvalue weighted by atomic mass is 9.89. The quantitative estimate of drug-likeness (QED) is 0.178. The maximum absolute atomic E-state index is 12.6. The molecule has 9 rings (SSSR count). The molecule has 6 heterocycles. The van der Waals surface area contributed by atoms with Crippen molar-refractivity contribution in [2.75, 3.05) is 67.1 Å². The van der Waals surface area contributed by atoms with Crippen LogP contribution < -0.4 is 20.0 Å². The highest BCUT2D eigenvalue weighted by molar-refractivity contribution is 6.36. The van der Waals surface area contributed by atoms with Gasteiger partial charge >= 0.3 is 6.03 Å². The van der Waals surface area contributed by atoms with Gasteiger partial charge in [0.25, 0.3) is 0 Å². The summed E-state index contributed by atoms with van der Waals surface area (Å²) in [6.45, 7) is 7.88. The van der Waals surface area contributed by atoms with E-state index in [1.807, 2.05) is 24.3 Å². The number of H-pyrrole nitrogens is 1. The fraction of sp³-hybridized carbons (Fsp3) is 0.429. The number of nitrogens with zero attached hydrogens (tertiary/aromatic N) is 7. The Balaban J connectivity index is 0.766. The summed E-state index contributed by atoms with van der Waals surface area (Å²) < 4.78 is 2.40. The standard InChI is InChI=1S/C42H46ClN9O2/c43-34-10-11-38(41-40(34)35(25-44)46-47-41)50-18-2-3-30(27-50)29-6-8-31(9-7-29)49-21-12-28(13-22-49)26-48-19-14-32(15-20-48)51-23-16-33-36(51)4-1-5-37(33)52-24-17-39(53)45-42(52)54/h1,4-11,16,23,28,30,32H,2-3,12-15,17-22,24,26-27H2,(H,46,47)(H,45,53,54)/t30-/m1/s1. The minimum Gasteiger partial charge on any atom is -0.372 e. The van der Waals surface area contributed by atoms with Crippen LogP contribution in [-0.4, -0.2) is 84.0 Å². The van der Waals surface area contributed by atoms with E-state index >= 15 is 0 Å². The normalized spacial score (nSPS) is 20.9. The number of carbonyl (C=O) groups is 2. The van der Waals surface area contributed by atoms with Crippen LogP contribution in [0, 0.1) is 17.2 Å². The number of piperidine rings is 3. The van der Waals surface area contributed by atoms with Crippen LogP contribution in [0.25, 0.3) is 21.8 Å². The Morgan fingerprint density at radius 2 is 1.67 bits per heavy atom. The second-order valence-electron chi connectivity index (χ2n) is 15.5. The van der Waals surface area contributed by atoms with Crippen molar-refractivity contribution in [1.29, 1.82) is 5.26 Å². The summed E-state index contributed by atoms with van der Waals surface area (Å²) in [5.41, 5.74) is 6.98. The van der Waals surface area contributed by atoms with Crippen LogP contribution in [0.1, 0.15) is 68.2 Å². The topological polar surface area (TPSA) is 117 Å². The van der Waals surface area contributed by atoms with Crippen LogP contribution in [0.15, 0.2) is 66.9 Å². The molecular weight excluding hydrogens is 698 g/mol. The van der Waals surface area contributed by atoms with Crippen molar-refractivity contribution < 1.29 is 9.59 Å². The van der Waals surface area contributed by atoms with E-state index in [-0.39, 0.29) is 11.9 Å². The molecule has 278 valence electrons. The van der Waals surface area contributed by atoms with Gasteiger partial charge in [-0.05, 0) is 92.5 Å². The number of imide groups is 1. The molecule has 3 amide bonds. The number of aromatic nitrogens is 3. The fourth-order valence-corrected chi connectivity index (χ4v) is 9.73. The summed E-state index contributed by atoms with van der Waals surface area (Å²) in [7, 11) is 0. The zero-order valence-corrected chi connectivity index (χ0v) is 31.3. The second-order valence-corrected chi connectivity index (χ2v) is 15.9. The Bertz CT molecular complexity index is 2220. The Morgan fingerprint density at radius 1 is 0.852 bits per heavy atom. The summed E-state index contributed by atoms with van der Waals surface area (Å²) in [6.07, 6.45) is 9.44. The van der Waals surface area contributed by atoms with E-state index in [1.54, 1.807) is 4.90 Å². The number of amides is 3. The van der Waals surface area contributed by atoms with Crippen molar-refractivity contribution in [2.45, 2.75) is 56.9 Å². The number of rotatable bonds is 7. The van der Waals surface area contributed by atoms with Gasteiger partial charge in [0, 0.05) is 88.0 Å². The summed E-state index contributed by atoms with van der Waals surface area (Å²) in [5.74, 6) is 0.954. The molecule has 0 saturated carbocycles. The van der Waals surface area contributed by atoms with Crippen LogP contribution in [0.2, 0.25) is 5.02 Å². The summed E-state index contributed by atoms with van der Waals surface area (Å²) in [6, 6.07) is 23.8. The number of hydrogen-bond donors (Lipinski definition) is 2. The monoisotopic (exact) mass is 743 g/mol. The highest BCUT2D eigenvalue weighted by Crippen LogP contribution is 2.38. The van der Waals surface area contributed by atoms with Gasteiger partial charge in [-0.25, -0.2) is 4.79 Å². The number of nitriles is 1. The molecule has 0 spiro atoms. The molecule has 4 aliphatic rings. The van der Waals surface area contributed by atoms with E-state index in [1.165, 1.54) is 30.6 Å². The first-order valence-corrected chi connectivity index (χ1v) is 19.9. The van der Waals surface area contributed by atoms with Crippen LogP contribution in [0.4, 0.5) is 21.9 Å². The SMILES string of the molecule is N#Cc1n[nH]c2c(N3CCC[C@@H](c4ccc(N5CCC(CN6CCC(n7ccc8c(N9CCC(=O)NC9=O)cccc87)CC6)CC5)cc4)C3)ccc(Cl)c12. The molecule has 4 fully saturated rings. The molecule has 2 aromatic heterocycles. The van der Waals surface area contributed by atoms with Crippen LogP contribution in [-0.2, 0) is 4.79 Å². The average Bonchev–Trinajstić information content (AvgIpc) is 3.85. The molecule has 4 saturated heterocycles. The number of urea groups is 1. The van der Waals surface area contributed by atoms with Gasteiger partial charge in [-0.2, -0.15) is 10.4 Å². The molecule has 0 unspecified atom stereocenters. The predicted molar refractivity (Wildman–Crippen MR) is 214 cm³/mol.